The van der Waals surface area contributed by atoms with Gasteiger partial charge in [0.25, 0.3) is 0 Å². The molecule has 3 heterocycles. The minimum atomic E-state index is -3.95. The highest BCUT2D eigenvalue weighted by atomic mass is 32.2. The lowest BCUT2D eigenvalue weighted by molar-refractivity contribution is -0.134. The van der Waals surface area contributed by atoms with Crippen molar-refractivity contribution in [1.29, 1.82) is 0 Å². The SMILES string of the molecule is C=Cc1nnc(-n2ncc3c(N4CCN(C(=O)C(C)C)CC4)cc(S(N)(=O)=O)cc32)s1. The molecule has 31 heavy (non-hydrogen) atoms. The molecule has 2 aromatic heterocycles. The van der Waals surface area contributed by atoms with Gasteiger partial charge < -0.3 is 9.80 Å². The summed E-state index contributed by atoms with van der Waals surface area (Å²) in [6.45, 7) is 9.72. The van der Waals surface area contributed by atoms with Gasteiger partial charge in [-0.05, 0) is 18.2 Å². The summed E-state index contributed by atoms with van der Waals surface area (Å²) in [5.41, 5.74) is 1.27. The van der Waals surface area contributed by atoms with Crippen LogP contribution in [0, 0.1) is 5.92 Å². The molecule has 12 heteroatoms. The zero-order valence-electron chi connectivity index (χ0n) is 17.2. The Balaban J connectivity index is 1.77. The van der Waals surface area contributed by atoms with Gasteiger partial charge in [-0.1, -0.05) is 31.8 Å². The molecule has 1 aliphatic rings. The third-order valence-electron chi connectivity index (χ3n) is 5.18. The highest BCUT2D eigenvalue weighted by molar-refractivity contribution is 7.89. The maximum atomic E-state index is 12.3. The Morgan fingerprint density at radius 1 is 1.23 bits per heavy atom. The smallest absolute Gasteiger partial charge is 0.238 e. The average molecular weight is 462 g/mol. The first kappa shape index (κ1) is 21.4. The zero-order chi connectivity index (χ0) is 22.3. The van der Waals surface area contributed by atoms with E-state index in [4.69, 9.17) is 5.14 Å². The molecule has 0 spiro atoms. The van der Waals surface area contributed by atoms with Crippen molar-refractivity contribution in [2.24, 2.45) is 11.1 Å². The van der Waals surface area contributed by atoms with Crippen LogP contribution in [-0.2, 0) is 14.8 Å². The van der Waals surface area contributed by atoms with Gasteiger partial charge in [-0.25, -0.2) is 18.2 Å². The Morgan fingerprint density at radius 2 is 1.94 bits per heavy atom. The number of hydrogen-bond acceptors (Lipinski definition) is 8. The van der Waals surface area contributed by atoms with Crippen LogP contribution >= 0.6 is 11.3 Å². The molecule has 0 atom stereocenters. The summed E-state index contributed by atoms with van der Waals surface area (Å²) in [4.78, 5) is 16.2. The fourth-order valence-corrected chi connectivity index (χ4v) is 4.81. The molecule has 2 N–H and O–H groups in total. The summed E-state index contributed by atoms with van der Waals surface area (Å²) in [6, 6.07) is 3.06. The van der Waals surface area contributed by atoms with E-state index < -0.39 is 10.0 Å². The van der Waals surface area contributed by atoms with Gasteiger partial charge in [0.15, 0.2) is 0 Å². The van der Waals surface area contributed by atoms with Crippen molar-refractivity contribution >= 4 is 49.9 Å². The van der Waals surface area contributed by atoms with Crippen molar-refractivity contribution < 1.29 is 13.2 Å². The number of nitrogens with two attached hydrogens (primary N) is 1. The highest BCUT2D eigenvalue weighted by Gasteiger charge is 2.26. The van der Waals surface area contributed by atoms with Gasteiger partial charge >= 0.3 is 0 Å². The lowest BCUT2D eigenvalue weighted by Gasteiger charge is -2.37. The van der Waals surface area contributed by atoms with Gasteiger partial charge in [0.2, 0.25) is 21.1 Å². The second-order valence-corrected chi connectivity index (χ2v) is 10.1. The number of rotatable bonds is 5. The number of sulfonamides is 1. The van der Waals surface area contributed by atoms with Gasteiger partial charge in [-0.15, -0.1) is 10.2 Å². The third kappa shape index (κ3) is 4.05. The number of piperazine rings is 1. The highest BCUT2D eigenvalue weighted by Crippen LogP contribution is 2.33. The molecule has 3 aromatic rings. The molecule has 0 radical (unpaired) electrons. The van der Waals surface area contributed by atoms with Gasteiger partial charge in [-0.2, -0.15) is 5.10 Å². The molecule has 0 bridgehead atoms. The van der Waals surface area contributed by atoms with E-state index in [9.17, 15) is 13.2 Å². The van der Waals surface area contributed by atoms with E-state index in [1.807, 2.05) is 18.7 Å². The first-order valence-electron chi connectivity index (χ1n) is 9.73. The topological polar surface area (TPSA) is 127 Å². The Labute approximate surface area is 184 Å². The monoisotopic (exact) mass is 461 g/mol. The first-order chi connectivity index (χ1) is 14.7. The summed E-state index contributed by atoms with van der Waals surface area (Å²) in [5, 5.41) is 19.9. The van der Waals surface area contributed by atoms with Gasteiger partial charge in [0.05, 0.1) is 16.6 Å². The summed E-state index contributed by atoms with van der Waals surface area (Å²) in [5.74, 6) is 0.0553. The van der Waals surface area contributed by atoms with E-state index in [0.717, 1.165) is 5.39 Å². The maximum absolute atomic E-state index is 12.3. The van der Waals surface area contributed by atoms with Crippen LogP contribution in [0.25, 0.3) is 22.1 Å². The predicted octanol–water partition coefficient (Wildman–Crippen LogP) is 1.47. The normalized spacial score (nSPS) is 15.1. The zero-order valence-corrected chi connectivity index (χ0v) is 18.9. The molecule has 4 rings (SSSR count). The first-order valence-corrected chi connectivity index (χ1v) is 12.1. The lowest BCUT2D eigenvalue weighted by Crippen LogP contribution is -2.50. The number of fused-ring (bicyclic) bond motifs is 1. The van der Waals surface area contributed by atoms with Gasteiger partial charge in [-0.3, -0.25) is 4.79 Å². The van der Waals surface area contributed by atoms with Crippen molar-refractivity contribution in [1.82, 2.24) is 24.9 Å². The van der Waals surface area contributed by atoms with Crippen molar-refractivity contribution in [3.63, 3.8) is 0 Å². The molecule has 1 aliphatic heterocycles. The Kier molecular flexibility index (Phi) is 5.54. The summed E-state index contributed by atoms with van der Waals surface area (Å²) in [7, 11) is -3.95. The Bertz CT molecular complexity index is 1250. The van der Waals surface area contributed by atoms with Crippen molar-refractivity contribution in [3.8, 4) is 5.13 Å². The molecular weight excluding hydrogens is 438 g/mol. The van der Waals surface area contributed by atoms with Crippen LogP contribution in [0.1, 0.15) is 18.9 Å². The molecule has 0 aliphatic carbocycles. The van der Waals surface area contributed by atoms with Crippen LogP contribution in [0.2, 0.25) is 0 Å². The van der Waals surface area contributed by atoms with Crippen molar-refractivity contribution in [2.75, 3.05) is 31.1 Å². The minimum absolute atomic E-state index is 0.00843. The number of carbonyl (C=O) groups excluding carboxylic acids is 1. The number of amides is 1. The average Bonchev–Trinajstić information content (AvgIpc) is 3.38. The summed E-state index contributed by atoms with van der Waals surface area (Å²) in [6.07, 6.45) is 3.27. The van der Waals surface area contributed by atoms with E-state index in [0.29, 0.717) is 47.5 Å². The van der Waals surface area contributed by atoms with Crippen LogP contribution in [0.3, 0.4) is 0 Å². The molecule has 1 amide bonds. The quantitative estimate of drug-likeness (QED) is 0.609. The summed E-state index contributed by atoms with van der Waals surface area (Å²) < 4.78 is 25.9. The Morgan fingerprint density at radius 3 is 2.52 bits per heavy atom. The van der Waals surface area contributed by atoms with E-state index in [1.165, 1.54) is 17.4 Å². The van der Waals surface area contributed by atoms with E-state index >= 15 is 0 Å². The number of hydrogen-bond donors (Lipinski definition) is 1. The van der Waals surface area contributed by atoms with Gasteiger partial charge in [0.1, 0.15) is 5.01 Å². The largest absolute Gasteiger partial charge is 0.367 e. The number of aromatic nitrogens is 4. The lowest BCUT2D eigenvalue weighted by atomic mass is 10.1. The number of anilines is 1. The van der Waals surface area contributed by atoms with Gasteiger partial charge in [0, 0.05) is 43.2 Å². The second kappa shape index (κ2) is 8.02. The third-order valence-corrected chi connectivity index (χ3v) is 6.97. The molecule has 1 saturated heterocycles. The van der Waals surface area contributed by atoms with Crippen LogP contribution in [-0.4, -0.2) is 65.4 Å². The number of benzene rings is 1. The molecule has 10 nitrogen and oxygen atoms in total. The standard InChI is InChI=1S/C19H23N7O3S2/c1-4-17-22-23-19(30-17)26-16-10-13(31(20,28)29)9-15(14(16)11-21-26)24-5-7-25(8-6-24)18(27)12(2)3/h4,9-12H,1,5-8H2,2-3H3,(H2,20,28,29). The fourth-order valence-electron chi connectivity index (χ4n) is 3.59. The van der Waals surface area contributed by atoms with Crippen LogP contribution < -0.4 is 10.0 Å². The second-order valence-electron chi connectivity index (χ2n) is 7.57. The number of nitrogens with zero attached hydrogens (tertiary/aromatic N) is 6. The van der Waals surface area contributed by atoms with Crippen LogP contribution in [0.4, 0.5) is 5.69 Å². The number of carbonyl (C=O) groups is 1. The molecule has 0 unspecified atom stereocenters. The molecule has 1 aromatic carbocycles. The van der Waals surface area contributed by atoms with E-state index in [1.54, 1.807) is 23.0 Å². The van der Waals surface area contributed by atoms with Crippen LogP contribution in [0.15, 0.2) is 29.8 Å². The Hall–Kier alpha value is -2.83. The number of primary sulfonamides is 1. The molecule has 164 valence electrons. The van der Waals surface area contributed by atoms with Crippen molar-refractivity contribution in [2.45, 2.75) is 18.7 Å². The fraction of sp³-hybridized carbons (Fsp3) is 0.368. The molecular formula is C19H23N7O3S2. The maximum Gasteiger partial charge on any atom is 0.238 e. The minimum Gasteiger partial charge on any atom is -0.367 e. The van der Waals surface area contributed by atoms with Crippen molar-refractivity contribution in [3.05, 3.63) is 29.9 Å². The predicted molar refractivity (Wildman–Crippen MR) is 120 cm³/mol. The molecule has 0 saturated carbocycles. The summed E-state index contributed by atoms with van der Waals surface area (Å²) >= 11 is 1.29. The van der Waals surface area contributed by atoms with E-state index in [-0.39, 0.29) is 16.7 Å². The molecule has 1 fully saturated rings. The van der Waals surface area contributed by atoms with E-state index in [2.05, 4.69) is 26.8 Å². The van der Waals surface area contributed by atoms with Crippen LogP contribution in [0.5, 0.6) is 0 Å².